The highest BCUT2D eigenvalue weighted by Gasteiger charge is 2.52. The maximum atomic E-state index is 11.8. The summed E-state index contributed by atoms with van der Waals surface area (Å²) in [5.74, 6) is 0.539. The lowest BCUT2D eigenvalue weighted by molar-refractivity contribution is -0.135. The van der Waals surface area contributed by atoms with E-state index < -0.39 is 5.41 Å². The number of fused-ring (bicyclic) bond motifs is 2. The van der Waals surface area contributed by atoms with Crippen LogP contribution in [0.5, 0.6) is 0 Å². The van der Waals surface area contributed by atoms with Gasteiger partial charge in [0.15, 0.2) is 5.78 Å². The number of ketones is 2. The monoisotopic (exact) mass is 178 g/mol. The van der Waals surface area contributed by atoms with Crippen LogP contribution in [0, 0.1) is 11.3 Å². The summed E-state index contributed by atoms with van der Waals surface area (Å²) in [5, 5.41) is 0. The molecule has 2 aliphatic rings. The second-order valence-electron chi connectivity index (χ2n) is 4.50. The molecule has 0 aliphatic heterocycles. The number of hydrogen-bond acceptors (Lipinski definition) is 2. The Morgan fingerprint density at radius 2 is 1.92 bits per heavy atom. The molecule has 2 atom stereocenters. The van der Waals surface area contributed by atoms with Crippen LogP contribution in [-0.2, 0) is 9.59 Å². The number of allylic oxidation sites excluding steroid dienone is 2. The van der Waals surface area contributed by atoms with E-state index in [0.29, 0.717) is 12.3 Å². The smallest absolute Gasteiger partial charge is 0.171 e. The molecule has 70 valence electrons. The maximum Gasteiger partial charge on any atom is 0.171 e. The van der Waals surface area contributed by atoms with Gasteiger partial charge >= 0.3 is 0 Å². The zero-order valence-electron chi connectivity index (χ0n) is 8.31. The topological polar surface area (TPSA) is 34.1 Å². The fourth-order valence-corrected chi connectivity index (χ4v) is 2.55. The van der Waals surface area contributed by atoms with Crippen molar-refractivity contribution in [3.63, 3.8) is 0 Å². The van der Waals surface area contributed by atoms with Crippen LogP contribution < -0.4 is 0 Å². The SMILES string of the molecule is CC1=C(C)C2CC(=O)C(C)(C2)C1=O. The van der Waals surface area contributed by atoms with Crippen molar-refractivity contribution < 1.29 is 9.59 Å². The Labute approximate surface area is 78.0 Å². The van der Waals surface area contributed by atoms with E-state index in [-0.39, 0.29) is 11.6 Å². The van der Waals surface area contributed by atoms with Crippen molar-refractivity contribution in [3.8, 4) is 0 Å². The largest absolute Gasteiger partial charge is 0.299 e. The molecule has 0 saturated heterocycles. The number of Topliss-reactive ketones (excluding diaryl/α,β-unsaturated/α-hetero) is 2. The van der Waals surface area contributed by atoms with Gasteiger partial charge in [-0.05, 0) is 38.7 Å². The molecule has 2 nitrogen and oxygen atoms in total. The van der Waals surface area contributed by atoms with Crippen LogP contribution in [0.2, 0.25) is 0 Å². The predicted octanol–water partition coefficient (Wildman–Crippen LogP) is 1.89. The third-order valence-corrected chi connectivity index (χ3v) is 3.75. The van der Waals surface area contributed by atoms with E-state index in [0.717, 1.165) is 17.6 Å². The van der Waals surface area contributed by atoms with Gasteiger partial charge in [0.25, 0.3) is 0 Å². The second-order valence-corrected chi connectivity index (χ2v) is 4.50. The average Bonchev–Trinajstić information content (AvgIpc) is 2.37. The van der Waals surface area contributed by atoms with E-state index in [9.17, 15) is 9.59 Å². The van der Waals surface area contributed by atoms with E-state index in [1.807, 2.05) is 13.8 Å². The van der Waals surface area contributed by atoms with Gasteiger partial charge in [-0.15, -0.1) is 0 Å². The van der Waals surface area contributed by atoms with Gasteiger partial charge in [-0.25, -0.2) is 0 Å². The normalized spacial score (nSPS) is 38.8. The van der Waals surface area contributed by atoms with Gasteiger partial charge in [0.2, 0.25) is 0 Å². The van der Waals surface area contributed by atoms with E-state index in [1.54, 1.807) is 6.92 Å². The Kier molecular flexibility index (Phi) is 1.54. The number of carbonyl (C=O) groups excluding carboxylic acids is 2. The number of rotatable bonds is 0. The van der Waals surface area contributed by atoms with Crippen LogP contribution in [-0.4, -0.2) is 11.6 Å². The lowest BCUT2D eigenvalue weighted by Crippen LogP contribution is -2.34. The highest BCUT2D eigenvalue weighted by Crippen LogP contribution is 2.48. The highest BCUT2D eigenvalue weighted by atomic mass is 16.2. The van der Waals surface area contributed by atoms with Crippen LogP contribution in [0.15, 0.2) is 11.1 Å². The minimum absolute atomic E-state index is 0.0590. The van der Waals surface area contributed by atoms with Crippen LogP contribution in [0.1, 0.15) is 33.6 Å². The molecule has 13 heavy (non-hydrogen) atoms. The zero-order valence-corrected chi connectivity index (χ0v) is 8.31. The first-order valence-corrected chi connectivity index (χ1v) is 4.72. The molecular weight excluding hydrogens is 164 g/mol. The molecule has 2 aliphatic carbocycles. The summed E-state index contributed by atoms with van der Waals surface area (Å²) in [6.45, 7) is 5.63. The van der Waals surface area contributed by atoms with Gasteiger partial charge in [-0.1, -0.05) is 5.57 Å². The van der Waals surface area contributed by atoms with Gasteiger partial charge in [0.1, 0.15) is 5.78 Å². The summed E-state index contributed by atoms with van der Waals surface area (Å²) >= 11 is 0. The molecule has 1 fully saturated rings. The van der Waals surface area contributed by atoms with Crippen molar-refractivity contribution >= 4 is 11.6 Å². The zero-order chi connectivity index (χ0) is 9.80. The van der Waals surface area contributed by atoms with Crippen LogP contribution in [0.3, 0.4) is 0 Å². The Hall–Kier alpha value is -0.920. The van der Waals surface area contributed by atoms with Crippen molar-refractivity contribution in [2.24, 2.45) is 11.3 Å². The van der Waals surface area contributed by atoms with Crippen molar-refractivity contribution in [1.82, 2.24) is 0 Å². The van der Waals surface area contributed by atoms with Crippen molar-refractivity contribution in [2.75, 3.05) is 0 Å². The molecule has 0 N–H and O–H groups in total. The Morgan fingerprint density at radius 1 is 1.31 bits per heavy atom. The first-order valence-electron chi connectivity index (χ1n) is 4.72. The maximum absolute atomic E-state index is 11.8. The molecule has 0 aromatic heterocycles. The minimum Gasteiger partial charge on any atom is -0.299 e. The average molecular weight is 178 g/mol. The third kappa shape index (κ3) is 0.888. The third-order valence-electron chi connectivity index (χ3n) is 3.75. The van der Waals surface area contributed by atoms with E-state index in [2.05, 4.69) is 0 Å². The van der Waals surface area contributed by atoms with Crippen molar-refractivity contribution in [2.45, 2.75) is 33.6 Å². The molecule has 0 heterocycles. The van der Waals surface area contributed by atoms with E-state index in [1.165, 1.54) is 0 Å². The summed E-state index contributed by atoms with van der Waals surface area (Å²) in [4.78, 5) is 23.5. The predicted molar refractivity (Wildman–Crippen MR) is 49.2 cm³/mol. The van der Waals surface area contributed by atoms with Crippen molar-refractivity contribution in [3.05, 3.63) is 11.1 Å². The molecular formula is C11H14O2. The molecule has 0 amide bonds. The molecule has 2 heteroatoms. The molecule has 0 aromatic carbocycles. The second kappa shape index (κ2) is 2.31. The van der Waals surface area contributed by atoms with E-state index >= 15 is 0 Å². The van der Waals surface area contributed by atoms with Crippen LogP contribution in [0.4, 0.5) is 0 Å². The van der Waals surface area contributed by atoms with Crippen molar-refractivity contribution in [1.29, 1.82) is 0 Å². The lowest BCUT2D eigenvalue weighted by Gasteiger charge is -2.27. The fourth-order valence-electron chi connectivity index (χ4n) is 2.55. The van der Waals surface area contributed by atoms with Gasteiger partial charge in [0, 0.05) is 6.42 Å². The Balaban J connectivity index is 2.57. The summed E-state index contributed by atoms with van der Waals surface area (Å²) in [6, 6.07) is 0. The van der Waals surface area contributed by atoms with Crippen LogP contribution in [0.25, 0.3) is 0 Å². The number of carbonyl (C=O) groups is 2. The summed E-state index contributed by atoms with van der Waals surface area (Å²) in [7, 11) is 0. The number of hydrogen-bond donors (Lipinski definition) is 0. The molecule has 2 rings (SSSR count). The quantitative estimate of drug-likeness (QED) is 0.531. The molecule has 2 bridgehead atoms. The van der Waals surface area contributed by atoms with Crippen LogP contribution >= 0.6 is 0 Å². The summed E-state index contributed by atoms with van der Waals surface area (Å²) in [6.07, 6.45) is 1.32. The summed E-state index contributed by atoms with van der Waals surface area (Å²) in [5.41, 5.74) is 1.28. The Bertz CT molecular complexity index is 338. The Morgan fingerprint density at radius 3 is 2.54 bits per heavy atom. The highest BCUT2D eigenvalue weighted by molar-refractivity contribution is 6.16. The first kappa shape index (κ1) is 8.67. The fraction of sp³-hybridized carbons (Fsp3) is 0.636. The molecule has 1 saturated carbocycles. The van der Waals surface area contributed by atoms with Gasteiger partial charge in [-0.2, -0.15) is 0 Å². The lowest BCUT2D eigenvalue weighted by atomic mass is 9.73. The summed E-state index contributed by atoms with van der Waals surface area (Å²) < 4.78 is 0. The minimum atomic E-state index is -0.672. The van der Waals surface area contributed by atoms with E-state index in [4.69, 9.17) is 0 Å². The van der Waals surface area contributed by atoms with Gasteiger partial charge in [-0.3, -0.25) is 9.59 Å². The molecule has 0 radical (unpaired) electrons. The first-order chi connectivity index (χ1) is 5.97. The standard InChI is InChI=1S/C11H14O2/c1-6-7(2)10(13)11(3)5-8(6)4-9(11)12/h8H,4-5H2,1-3H3. The van der Waals surface area contributed by atoms with Gasteiger partial charge < -0.3 is 0 Å². The van der Waals surface area contributed by atoms with Gasteiger partial charge in [0.05, 0.1) is 5.41 Å². The molecule has 2 unspecified atom stereocenters. The molecule has 0 spiro atoms. The molecule has 0 aromatic rings.